The van der Waals surface area contributed by atoms with E-state index >= 15 is 0 Å². The molecule has 1 N–H and O–H groups in total. The van der Waals surface area contributed by atoms with Crippen LogP contribution in [0.5, 0.6) is 11.5 Å². The summed E-state index contributed by atoms with van der Waals surface area (Å²) < 4.78 is 16.4. The number of amides is 1. The Balaban J connectivity index is 1.72. The zero-order valence-corrected chi connectivity index (χ0v) is 12.8. The molecular weight excluding hydrogens is 294 g/mol. The average Bonchev–Trinajstić information content (AvgIpc) is 3.08. The lowest BCUT2D eigenvalue weighted by Gasteiger charge is -2.20. The van der Waals surface area contributed by atoms with Crippen molar-refractivity contribution in [3.8, 4) is 11.5 Å². The van der Waals surface area contributed by atoms with Crippen molar-refractivity contribution in [2.45, 2.75) is 5.41 Å². The van der Waals surface area contributed by atoms with Gasteiger partial charge in [-0.15, -0.1) is 0 Å². The van der Waals surface area contributed by atoms with Gasteiger partial charge in [0.15, 0.2) is 0 Å². The van der Waals surface area contributed by atoms with Crippen LogP contribution < -0.4 is 14.8 Å². The van der Waals surface area contributed by atoms with Gasteiger partial charge in [0, 0.05) is 24.4 Å². The molecule has 0 bridgehead atoms. The standard InChI is InChI=1S/C18H17NO4/c1-21-8-9-22-12-6-7-14-16(10-12)23-11-18(14)13-4-2-3-5-15(13)19-17(18)20/h2-7,10H,8-9,11H2,1H3,(H,19,20). The minimum absolute atomic E-state index is 0.0366. The molecule has 0 radical (unpaired) electrons. The largest absolute Gasteiger partial charge is 0.491 e. The first kappa shape index (κ1) is 14.1. The molecule has 2 aromatic rings. The summed E-state index contributed by atoms with van der Waals surface area (Å²) in [6, 6.07) is 13.4. The van der Waals surface area contributed by atoms with Crippen molar-refractivity contribution in [3.63, 3.8) is 0 Å². The molecule has 118 valence electrons. The molecule has 1 amide bonds. The third-order valence-electron chi connectivity index (χ3n) is 4.44. The third-order valence-corrected chi connectivity index (χ3v) is 4.44. The van der Waals surface area contributed by atoms with Gasteiger partial charge in [-0.3, -0.25) is 4.79 Å². The predicted octanol–water partition coefficient (Wildman–Crippen LogP) is 2.34. The van der Waals surface area contributed by atoms with Crippen LogP contribution in [0.4, 0.5) is 5.69 Å². The molecule has 0 aliphatic carbocycles. The van der Waals surface area contributed by atoms with Gasteiger partial charge in [-0.25, -0.2) is 0 Å². The second kappa shape index (κ2) is 5.28. The molecule has 1 unspecified atom stereocenters. The highest BCUT2D eigenvalue weighted by atomic mass is 16.5. The number of ether oxygens (including phenoxy) is 3. The molecule has 0 saturated carbocycles. The first-order valence-corrected chi connectivity index (χ1v) is 7.56. The van der Waals surface area contributed by atoms with Crippen LogP contribution in [0.2, 0.25) is 0 Å². The molecule has 5 nitrogen and oxygen atoms in total. The molecule has 1 spiro atoms. The number of para-hydroxylation sites is 1. The second-order valence-corrected chi connectivity index (χ2v) is 5.69. The predicted molar refractivity (Wildman–Crippen MR) is 85.2 cm³/mol. The molecular formula is C18H17NO4. The van der Waals surface area contributed by atoms with E-state index in [1.165, 1.54) is 0 Å². The molecule has 0 aromatic heterocycles. The molecule has 0 fully saturated rings. The average molecular weight is 311 g/mol. The molecule has 0 saturated heterocycles. The van der Waals surface area contributed by atoms with Crippen LogP contribution in [0.3, 0.4) is 0 Å². The van der Waals surface area contributed by atoms with E-state index in [1.54, 1.807) is 7.11 Å². The Kier molecular flexibility index (Phi) is 3.23. The Bertz CT molecular complexity index is 773. The van der Waals surface area contributed by atoms with Crippen LogP contribution in [0, 0.1) is 0 Å². The molecule has 2 aliphatic rings. The van der Waals surface area contributed by atoms with Crippen molar-refractivity contribution < 1.29 is 19.0 Å². The van der Waals surface area contributed by atoms with Crippen LogP contribution in [-0.2, 0) is 14.9 Å². The van der Waals surface area contributed by atoms with Gasteiger partial charge in [0.2, 0.25) is 5.91 Å². The van der Waals surface area contributed by atoms with Gasteiger partial charge in [0.05, 0.1) is 6.61 Å². The first-order valence-electron chi connectivity index (χ1n) is 7.56. The number of benzene rings is 2. The summed E-state index contributed by atoms with van der Waals surface area (Å²) in [7, 11) is 1.63. The van der Waals surface area contributed by atoms with Crippen molar-refractivity contribution in [2.75, 3.05) is 32.2 Å². The minimum Gasteiger partial charge on any atom is -0.491 e. The summed E-state index contributed by atoms with van der Waals surface area (Å²) in [4.78, 5) is 12.7. The normalized spacial score (nSPS) is 20.8. The van der Waals surface area contributed by atoms with Gasteiger partial charge in [-0.2, -0.15) is 0 Å². The third kappa shape index (κ3) is 2.00. The molecule has 2 aliphatic heterocycles. The number of nitrogens with one attached hydrogen (secondary N) is 1. The number of rotatable bonds is 4. The van der Waals surface area contributed by atoms with E-state index in [0.29, 0.717) is 31.3 Å². The Morgan fingerprint density at radius 3 is 2.91 bits per heavy atom. The number of methoxy groups -OCH3 is 1. The van der Waals surface area contributed by atoms with Crippen molar-refractivity contribution in [3.05, 3.63) is 53.6 Å². The summed E-state index contributed by atoms with van der Waals surface area (Å²) in [5.74, 6) is 1.38. The van der Waals surface area contributed by atoms with Gasteiger partial charge in [-0.1, -0.05) is 24.3 Å². The van der Waals surface area contributed by atoms with Crippen molar-refractivity contribution in [1.29, 1.82) is 0 Å². The highest BCUT2D eigenvalue weighted by Crippen LogP contribution is 2.50. The fraction of sp³-hybridized carbons (Fsp3) is 0.278. The maximum Gasteiger partial charge on any atom is 0.243 e. The quantitative estimate of drug-likeness (QED) is 0.881. The minimum atomic E-state index is -0.753. The summed E-state index contributed by atoms with van der Waals surface area (Å²) >= 11 is 0. The Labute approximate surface area is 134 Å². The highest BCUT2D eigenvalue weighted by molar-refractivity contribution is 6.09. The molecule has 5 heteroatoms. The second-order valence-electron chi connectivity index (χ2n) is 5.69. The van der Waals surface area contributed by atoms with Gasteiger partial charge < -0.3 is 19.5 Å². The van der Waals surface area contributed by atoms with Crippen molar-refractivity contribution in [2.24, 2.45) is 0 Å². The van der Waals surface area contributed by atoms with Crippen LogP contribution in [-0.4, -0.2) is 32.8 Å². The molecule has 2 aromatic carbocycles. The van der Waals surface area contributed by atoms with E-state index in [2.05, 4.69) is 5.32 Å². The summed E-state index contributed by atoms with van der Waals surface area (Å²) in [6.45, 7) is 1.31. The number of carbonyl (C=O) groups is 1. The van der Waals surface area contributed by atoms with E-state index in [9.17, 15) is 4.79 Å². The zero-order valence-electron chi connectivity index (χ0n) is 12.8. The van der Waals surface area contributed by atoms with Crippen LogP contribution in [0.15, 0.2) is 42.5 Å². The van der Waals surface area contributed by atoms with E-state index in [-0.39, 0.29) is 5.91 Å². The number of fused-ring (bicyclic) bond motifs is 4. The Morgan fingerprint density at radius 1 is 1.17 bits per heavy atom. The topological polar surface area (TPSA) is 56.8 Å². The van der Waals surface area contributed by atoms with Crippen LogP contribution in [0.25, 0.3) is 0 Å². The zero-order chi connectivity index (χ0) is 15.9. The van der Waals surface area contributed by atoms with E-state index in [0.717, 1.165) is 16.8 Å². The number of hydrogen-bond acceptors (Lipinski definition) is 4. The summed E-state index contributed by atoms with van der Waals surface area (Å²) in [5.41, 5.74) is 1.96. The van der Waals surface area contributed by atoms with E-state index in [4.69, 9.17) is 14.2 Å². The monoisotopic (exact) mass is 311 g/mol. The van der Waals surface area contributed by atoms with E-state index < -0.39 is 5.41 Å². The Morgan fingerprint density at radius 2 is 2.04 bits per heavy atom. The highest BCUT2D eigenvalue weighted by Gasteiger charge is 2.53. The van der Waals surface area contributed by atoms with E-state index in [1.807, 2.05) is 42.5 Å². The van der Waals surface area contributed by atoms with Crippen molar-refractivity contribution >= 4 is 11.6 Å². The molecule has 4 rings (SSSR count). The first-order chi connectivity index (χ1) is 11.3. The number of carbonyl (C=O) groups excluding carboxylic acids is 1. The fourth-order valence-electron chi connectivity index (χ4n) is 3.30. The lowest BCUT2D eigenvalue weighted by Crippen LogP contribution is -2.37. The number of anilines is 1. The maximum absolute atomic E-state index is 12.7. The van der Waals surface area contributed by atoms with Gasteiger partial charge in [0.25, 0.3) is 0 Å². The lowest BCUT2D eigenvalue weighted by molar-refractivity contribution is -0.119. The molecule has 2 heterocycles. The summed E-state index contributed by atoms with van der Waals surface area (Å²) in [6.07, 6.45) is 0. The molecule has 23 heavy (non-hydrogen) atoms. The number of hydrogen-bond donors (Lipinski definition) is 1. The van der Waals surface area contributed by atoms with Gasteiger partial charge in [0.1, 0.15) is 30.1 Å². The smallest absolute Gasteiger partial charge is 0.243 e. The summed E-state index contributed by atoms with van der Waals surface area (Å²) in [5, 5.41) is 2.96. The van der Waals surface area contributed by atoms with Crippen LogP contribution in [0.1, 0.15) is 11.1 Å². The molecule has 1 atom stereocenters. The SMILES string of the molecule is COCCOc1ccc2c(c1)OCC21C(=O)Nc2ccccc21. The Hall–Kier alpha value is -2.53. The van der Waals surface area contributed by atoms with Crippen molar-refractivity contribution in [1.82, 2.24) is 0 Å². The van der Waals surface area contributed by atoms with Gasteiger partial charge in [-0.05, 0) is 17.7 Å². The van der Waals surface area contributed by atoms with Crippen LogP contribution >= 0.6 is 0 Å². The fourth-order valence-corrected chi connectivity index (χ4v) is 3.30. The van der Waals surface area contributed by atoms with Gasteiger partial charge >= 0.3 is 0 Å². The maximum atomic E-state index is 12.7. The lowest BCUT2D eigenvalue weighted by atomic mass is 9.77.